The highest BCUT2D eigenvalue weighted by Gasteiger charge is 2.36. The quantitative estimate of drug-likeness (QED) is 0.384. The predicted molar refractivity (Wildman–Crippen MR) is 147 cm³/mol. The summed E-state index contributed by atoms with van der Waals surface area (Å²) in [7, 11) is 1.69. The molecule has 4 heterocycles. The lowest BCUT2D eigenvalue weighted by Crippen LogP contribution is -2.49. The van der Waals surface area contributed by atoms with Crippen molar-refractivity contribution in [2.45, 2.75) is 38.8 Å². The molecule has 2 aromatic carbocycles. The van der Waals surface area contributed by atoms with Gasteiger partial charge in [-0.1, -0.05) is 19.1 Å². The van der Waals surface area contributed by atoms with E-state index < -0.39 is 6.04 Å². The Morgan fingerprint density at radius 3 is 2.56 bits per heavy atom. The Bertz CT molecular complexity index is 1560. The molecular weight excluding hydrogens is 498 g/mol. The van der Waals surface area contributed by atoms with Gasteiger partial charge >= 0.3 is 0 Å². The van der Waals surface area contributed by atoms with Crippen LogP contribution in [0.1, 0.15) is 44.6 Å². The number of para-hydroxylation sites is 2. The standard InChI is InChI=1S/C28H33N7O4/c1-5-28(2,3)35-26(30-31-32-35)25(34-12-10-33(11-13-34)21-8-6-7-9-22(21)37-4)19-14-18-15-23-24(39-17-38-23)16-20(18)29-27(19)36/h6-9,14-16,25H,5,10-13,17H2,1-4H3,(H,29,36)/t25-/m0/s1. The van der Waals surface area contributed by atoms with Gasteiger partial charge in [-0.3, -0.25) is 9.69 Å². The maximum absolute atomic E-state index is 13.7. The summed E-state index contributed by atoms with van der Waals surface area (Å²) in [5.41, 5.74) is 1.85. The van der Waals surface area contributed by atoms with Gasteiger partial charge in [0.25, 0.3) is 5.56 Å². The van der Waals surface area contributed by atoms with Crippen LogP contribution < -0.4 is 24.7 Å². The van der Waals surface area contributed by atoms with Gasteiger partial charge in [-0.25, -0.2) is 4.68 Å². The first-order valence-electron chi connectivity index (χ1n) is 13.3. The molecule has 2 aliphatic heterocycles. The maximum atomic E-state index is 13.7. The molecule has 1 N–H and O–H groups in total. The van der Waals surface area contributed by atoms with Crippen LogP contribution in [-0.4, -0.2) is 70.2 Å². The predicted octanol–water partition coefficient (Wildman–Crippen LogP) is 3.31. The summed E-state index contributed by atoms with van der Waals surface area (Å²) in [4.78, 5) is 21.3. The van der Waals surface area contributed by atoms with Gasteiger partial charge in [0.2, 0.25) is 6.79 Å². The zero-order chi connectivity index (χ0) is 27.1. The number of rotatable bonds is 7. The number of fused-ring (bicyclic) bond motifs is 2. The van der Waals surface area contributed by atoms with E-state index in [1.165, 1.54) is 0 Å². The number of nitrogens with zero attached hydrogens (tertiary/aromatic N) is 6. The summed E-state index contributed by atoms with van der Waals surface area (Å²) in [6.07, 6.45) is 0.830. The lowest BCUT2D eigenvalue weighted by Gasteiger charge is -2.40. The Labute approximate surface area is 226 Å². The van der Waals surface area contributed by atoms with Crippen LogP contribution in [0.3, 0.4) is 0 Å². The number of hydrogen-bond donors (Lipinski definition) is 1. The van der Waals surface area contributed by atoms with Crippen LogP contribution in [0.15, 0.2) is 47.3 Å². The Morgan fingerprint density at radius 1 is 1.08 bits per heavy atom. The van der Waals surface area contributed by atoms with Gasteiger partial charge in [0.15, 0.2) is 17.3 Å². The molecule has 2 aromatic heterocycles. The fourth-order valence-electron chi connectivity index (χ4n) is 5.37. The molecule has 2 aliphatic rings. The summed E-state index contributed by atoms with van der Waals surface area (Å²) in [5.74, 6) is 2.79. The third-order valence-corrected chi connectivity index (χ3v) is 7.94. The molecule has 39 heavy (non-hydrogen) atoms. The van der Waals surface area contributed by atoms with Crippen LogP contribution in [0.2, 0.25) is 0 Å². The monoisotopic (exact) mass is 531 g/mol. The molecule has 4 aromatic rings. The number of methoxy groups -OCH3 is 1. The van der Waals surface area contributed by atoms with Gasteiger partial charge in [-0.05, 0) is 55.0 Å². The molecule has 0 bridgehead atoms. The minimum Gasteiger partial charge on any atom is -0.495 e. The Balaban J connectivity index is 1.41. The Kier molecular flexibility index (Phi) is 6.38. The number of nitrogens with one attached hydrogen (secondary N) is 1. The van der Waals surface area contributed by atoms with Crippen LogP contribution in [0.5, 0.6) is 17.2 Å². The molecule has 11 nitrogen and oxygen atoms in total. The first-order valence-corrected chi connectivity index (χ1v) is 13.3. The molecular formula is C28H33N7O4. The van der Waals surface area contributed by atoms with Crippen molar-refractivity contribution in [2.24, 2.45) is 0 Å². The van der Waals surface area contributed by atoms with Gasteiger partial charge in [-0.15, -0.1) is 5.10 Å². The number of pyridine rings is 1. The third-order valence-electron chi connectivity index (χ3n) is 7.94. The lowest BCUT2D eigenvalue weighted by atomic mass is 9.98. The number of benzene rings is 2. The molecule has 0 radical (unpaired) electrons. The van der Waals surface area contributed by atoms with Crippen molar-refractivity contribution in [3.05, 3.63) is 64.2 Å². The summed E-state index contributed by atoms with van der Waals surface area (Å²) in [5, 5.41) is 13.8. The van der Waals surface area contributed by atoms with Crippen molar-refractivity contribution in [3.8, 4) is 17.2 Å². The molecule has 0 amide bonds. The number of H-pyrrole nitrogens is 1. The summed E-state index contributed by atoms with van der Waals surface area (Å²) >= 11 is 0. The first kappa shape index (κ1) is 25.2. The molecule has 0 saturated carbocycles. The number of piperazine rings is 1. The van der Waals surface area contributed by atoms with E-state index in [1.54, 1.807) is 7.11 Å². The summed E-state index contributed by atoms with van der Waals surface area (Å²) in [6, 6.07) is 13.3. The zero-order valence-corrected chi connectivity index (χ0v) is 22.7. The summed E-state index contributed by atoms with van der Waals surface area (Å²) < 4.78 is 18.6. The van der Waals surface area contributed by atoms with Crippen LogP contribution in [-0.2, 0) is 5.54 Å². The fourth-order valence-corrected chi connectivity index (χ4v) is 5.37. The minimum atomic E-state index is -0.441. The SMILES string of the molecule is CCC(C)(C)n1nnnc1[C@H](c1cc2cc3c(cc2[nH]c1=O)OCO3)N1CCN(c2ccccc2OC)CC1. The highest BCUT2D eigenvalue weighted by atomic mass is 16.7. The largest absolute Gasteiger partial charge is 0.495 e. The highest BCUT2D eigenvalue weighted by molar-refractivity contribution is 5.83. The van der Waals surface area contributed by atoms with E-state index in [2.05, 4.69) is 57.1 Å². The van der Waals surface area contributed by atoms with E-state index in [1.807, 2.05) is 41.1 Å². The van der Waals surface area contributed by atoms with Crippen LogP contribution in [0.25, 0.3) is 10.9 Å². The van der Waals surface area contributed by atoms with Crippen molar-refractivity contribution >= 4 is 16.6 Å². The van der Waals surface area contributed by atoms with Crippen molar-refractivity contribution in [3.63, 3.8) is 0 Å². The number of anilines is 1. The second kappa shape index (κ2) is 9.88. The molecule has 0 aliphatic carbocycles. The number of hydrogen-bond acceptors (Lipinski definition) is 9. The average molecular weight is 532 g/mol. The smallest absolute Gasteiger partial charge is 0.253 e. The highest BCUT2D eigenvalue weighted by Crippen LogP contribution is 2.37. The Morgan fingerprint density at radius 2 is 1.82 bits per heavy atom. The maximum Gasteiger partial charge on any atom is 0.253 e. The molecule has 1 saturated heterocycles. The third kappa shape index (κ3) is 4.46. The van der Waals surface area contributed by atoms with Gasteiger partial charge in [0.05, 0.1) is 23.9 Å². The molecule has 6 rings (SSSR count). The second-order valence-corrected chi connectivity index (χ2v) is 10.6. The number of aromatic amines is 1. The first-order chi connectivity index (χ1) is 18.9. The van der Waals surface area contributed by atoms with Crippen LogP contribution in [0.4, 0.5) is 5.69 Å². The minimum absolute atomic E-state index is 0.169. The van der Waals surface area contributed by atoms with Crippen molar-refractivity contribution in [2.75, 3.05) is 45.0 Å². The number of tetrazole rings is 1. The second-order valence-electron chi connectivity index (χ2n) is 10.6. The topological polar surface area (TPSA) is 111 Å². The molecule has 1 atom stereocenters. The summed E-state index contributed by atoms with van der Waals surface area (Å²) in [6.45, 7) is 9.44. The van der Waals surface area contributed by atoms with Crippen molar-refractivity contribution < 1.29 is 14.2 Å². The van der Waals surface area contributed by atoms with Gasteiger partial charge in [-0.2, -0.15) is 0 Å². The van der Waals surface area contributed by atoms with Crippen molar-refractivity contribution in [1.29, 1.82) is 0 Å². The fraction of sp³-hybridized carbons (Fsp3) is 0.429. The normalized spacial score (nSPS) is 16.6. The van der Waals surface area contributed by atoms with Gasteiger partial charge in [0.1, 0.15) is 11.8 Å². The zero-order valence-electron chi connectivity index (χ0n) is 22.7. The van der Waals surface area contributed by atoms with Crippen molar-refractivity contribution in [1.82, 2.24) is 30.1 Å². The molecule has 0 spiro atoms. The van der Waals surface area contributed by atoms with Gasteiger partial charge in [0, 0.05) is 43.2 Å². The van der Waals surface area contributed by atoms with E-state index in [4.69, 9.17) is 14.2 Å². The molecule has 204 valence electrons. The van der Waals surface area contributed by atoms with E-state index in [9.17, 15) is 4.79 Å². The van der Waals surface area contributed by atoms with E-state index in [0.29, 0.717) is 41.5 Å². The van der Waals surface area contributed by atoms with Crippen LogP contribution in [0, 0.1) is 0 Å². The van der Waals surface area contributed by atoms with Crippen LogP contribution >= 0.6 is 0 Å². The molecule has 0 unspecified atom stereocenters. The lowest BCUT2D eigenvalue weighted by molar-refractivity contribution is 0.174. The van der Waals surface area contributed by atoms with E-state index in [-0.39, 0.29) is 17.9 Å². The average Bonchev–Trinajstić information content (AvgIpc) is 3.63. The van der Waals surface area contributed by atoms with Gasteiger partial charge < -0.3 is 24.1 Å². The molecule has 11 heteroatoms. The van der Waals surface area contributed by atoms with E-state index in [0.717, 1.165) is 36.3 Å². The number of ether oxygens (including phenoxy) is 3. The molecule has 1 fully saturated rings. The number of aromatic nitrogens is 5. The Hall–Kier alpha value is -4.12. The van der Waals surface area contributed by atoms with E-state index >= 15 is 0 Å².